The van der Waals surface area contributed by atoms with E-state index in [0.717, 1.165) is 22.1 Å². The third-order valence-corrected chi connectivity index (χ3v) is 3.74. The second-order valence-corrected chi connectivity index (χ2v) is 5.16. The molecule has 0 saturated carbocycles. The fourth-order valence-corrected chi connectivity index (χ4v) is 2.61. The first kappa shape index (κ1) is 12.3. The van der Waals surface area contributed by atoms with E-state index in [0.29, 0.717) is 17.3 Å². The molecule has 1 aromatic heterocycles. The van der Waals surface area contributed by atoms with Crippen LogP contribution in [0.3, 0.4) is 0 Å². The number of para-hydroxylation sites is 1. The van der Waals surface area contributed by atoms with Crippen LogP contribution in [0.15, 0.2) is 46.9 Å². The van der Waals surface area contributed by atoms with Crippen LogP contribution in [0.25, 0.3) is 11.0 Å². The maximum atomic E-state index is 10.5. The second kappa shape index (κ2) is 4.53. The fourth-order valence-electron chi connectivity index (χ4n) is 2.61. The molecule has 1 aliphatic heterocycles. The van der Waals surface area contributed by atoms with E-state index in [1.54, 1.807) is 12.1 Å². The molecule has 3 aromatic rings. The lowest BCUT2D eigenvalue weighted by Gasteiger charge is -2.08. The molecule has 0 aliphatic carbocycles. The smallest absolute Gasteiger partial charge is 0.231 e. The highest BCUT2D eigenvalue weighted by atomic mass is 16.7. The van der Waals surface area contributed by atoms with Crippen molar-refractivity contribution in [2.24, 2.45) is 0 Å². The minimum absolute atomic E-state index is 0.221. The third-order valence-electron chi connectivity index (χ3n) is 3.74. The zero-order chi connectivity index (χ0) is 14.4. The molecule has 0 amide bonds. The number of aliphatic hydroxyl groups excluding tert-OH is 1. The summed E-state index contributed by atoms with van der Waals surface area (Å²) in [7, 11) is 0. The Morgan fingerprint density at radius 1 is 1.05 bits per heavy atom. The van der Waals surface area contributed by atoms with Crippen LogP contribution in [-0.4, -0.2) is 11.9 Å². The molecule has 1 unspecified atom stereocenters. The van der Waals surface area contributed by atoms with Gasteiger partial charge in [-0.25, -0.2) is 0 Å². The van der Waals surface area contributed by atoms with Crippen molar-refractivity contribution in [2.75, 3.05) is 6.79 Å². The van der Waals surface area contributed by atoms with Gasteiger partial charge in [-0.15, -0.1) is 0 Å². The summed E-state index contributed by atoms with van der Waals surface area (Å²) in [5, 5.41) is 11.5. The summed E-state index contributed by atoms with van der Waals surface area (Å²) in [4.78, 5) is 0. The van der Waals surface area contributed by atoms with Crippen molar-refractivity contribution in [1.82, 2.24) is 0 Å². The van der Waals surface area contributed by atoms with Gasteiger partial charge in [0.1, 0.15) is 17.4 Å². The fraction of sp³-hybridized carbons (Fsp3) is 0.176. The Bertz CT molecular complexity index is 819. The van der Waals surface area contributed by atoms with Crippen LogP contribution in [0.4, 0.5) is 0 Å². The lowest BCUT2D eigenvalue weighted by molar-refractivity contribution is 0.173. The Kier molecular flexibility index (Phi) is 2.65. The SMILES string of the molecule is Cc1cccc2cc(C(O)c3ccc4c(c3)OCO4)oc12. The number of ether oxygens (including phenoxy) is 2. The van der Waals surface area contributed by atoms with E-state index in [-0.39, 0.29) is 6.79 Å². The van der Waals surface area contributed by atoms with E-state index < -0.39 is 6.10 Å². The van der Waals surface area contributed by atoms with Crippen molar-refractivity contribution in [3.63, 3.8) is 0 Å². The van der Waals surface area contributed by atoms with Crippen molar-refractivity contribution in [2.45, 2.75) is 13.0 Å². The average molecular weight is 282 g/mol. The summed E-state index contributed by atoms with van der Waals surface area (Å²) in [5.74, 6) is 1.88. The first-order chi connectivity index (χ1) is 10.2. The molecule has 0 fully saturated rings. The van der Waals surface area contributed by atoms with Crippen LogP contribution in [-0.2, 0) is 0 Å². The van der Waals surface area contributed by atoms with Crippen LogP contribution in [0, 0.1) is 6.92 Å². The Hall–Kier alpha value is -2.46. The second-order valence-electron chi connectivity index (χ2n) is 5.16. The van der Waals surface area contributed by atoms with E-state index in [4.69, 9.17) is 13.9 Å². The lowest BCUT2D eigenvalue weighted by Crippen LogP contribution is -1.97. The molecule has 106 valence electrons. The van der Waals surface area contributed by atoms with Gasteiger partial charge in [-0.1, -0.05) is 24.3 Å². The number of hydrogen-bond acceptors (Lipinski definition) is 4. The number of rotatable bonds is 2. The van der Waals surface area contributed by atoms with Gasteiger partial charge in [-0.3, -0.25) is 0 Å². The van der Waals surface area contributed by atoms with E-state index >= 15 is 0 Å². The van der Waals surface area contributed by atoms with Gasteiger partial charge in [0.2, 0.25) is 6.79 Å². The molecule has 0 radical (unpaired) electrons. The van der Waals surface area contributed by atoms with E-state index in [1.165, 1.54) is 0 Å². The average Bonchev–Trinajstić information content (AvgIpc) is 3.12. The Balaban J connectivity index is 1.75. The largest absolute Gasteiger partial charge is 0.458 e. The number of furan rings is 1. The molecular formula is C17H14O4. The topological polar surface area (TPSA) is 51.8 Å². The van der Waals surface area contributed by atoms with Crippen molar-refractivity contribution >= 4 is 11.0 Å². The van der Waals surface area contributed by atoms with Crippen LogP contribution in [0.1, 0.15) is 23.0 Å². The summed E-state index contributed by atoms with van der Waals surface area (Å²) < 4.78 is 16.4. The highest BCUT2D eigenvalue weighted by molar-refractivity contribution is 5.81. The van der Waals surface area contributed by atoms with Gasteiger partial charge in [0.05, 0.1) is 0 Å². The maximum absolute atomic E-state index is 10.5. The molecule has 1 N–H and O–H groups in total. The molecule has 4 rings (SSSR count). The number of aliphatic hydroxyl groups is 1. The summed E-state index contributed by atoms with van der Waals surface area (Å²) in [6.45, 7) is 2.21. The van der Waals surface area contributed by atoms with Crippen LogP contribution in [0.2, 0.25) is 0 Å². The zero-order valence-corrected chi connectivity index (χ0v) is 11.5. The Labute approximate surface area is 121 Å². The van der Waals surface area contributed by atoms with Gasteiger partial charge in [0.25, 0.3) is 0 Å². The molecule has 4 heteroatoms. The standard InChI is InChI=1S/C17H14O4/c1-10-3-2-4-12-8-15(21-17(10)12)16(18)11-5-6-13-14(7-11)20-9-19-13/h2-8,16,18H,9H2,1H3. The number of hydrogen-bond donors (Lipinski definition) is 1. The van der Waals surface area contributed by atoms with E-state index in [2.05, 4.69) is 0 Å². The summed E-state index contributed by atoms with van der Waals surface area (Å²) in [6.07, 6.45) is -0.828. The molecule has 0 bridgehead atoms. The first-order valence-corrected chi connectivity index (χ1v) is 6.79. The molecule has 4 nitrogen and oxygen atoms in total. The third kappa shape index (κ3) is 1.96. The predicted molar refractivity (Wildman–Crippen MR) is 77.6 cm³/mol. The van der Waals surface area contributed by atoms with Crippen molar-refractivity contribution in [3.05, 3.63) is 59.4 Å². The van der Waals surface area contributed by atoms with Crippen molar-refractivity contribution < 1.29 is 19.0 Å². The van der Waals surface area contributed by atoms with Gasteiger partial charge in [0.15, 0.2) is 11.5 Å². The van der Waals surface area contributed by atoms with Gasteiger partial charge in [-0.2, -0.15) is 0 Å². The minimum Gasteiger partial charge on any atom is -0.458 e. The molecule has 21 heavy (non-hydrogen) atoms. The van der Waals surface area contributed by atoms with Crippen LogP contribution in [0.5, 0.6) is 11.5 Å². The van der Waals surface area contributed by atoms with E-state index in [1.807, 2.05) is 37.3 Å². The van der Waals surface area contributed by atoms with Gasteiger partial charge >= 0.3 is 0 Å². The molecule has 2 aromatic carbocycles. The number of fused-ring (bicyclic) bond motifs is 2. The van der Waals surface area contributed by atoms with Crippen molar-refractivity contribution in [3.8, 4) is 11.5 Å². The highest BCUT2D eigenvalue weighted by Crippen LogP contribution is 2.36. The quantitative estimate of drug-likeness (QED) is 0.781. The molecule has 0 spiro atoms. The van der Waals surface area contributed by atoms with Crippen LogP contribution < -0.4 is 9.47 Å². The minimum atomic E-state index is -0.828. The molecular weight excluding hydrogens is 268 g/mol. The van der Waals surface area contributed by atoms with Crippen molar-refractivity contribution in [1.29, 1.82) is 0 Å². The van der Waals surface area contributed by atoms with Crippen LogP contribution >= 0.6 is 0 Å². The summed E-state index contributed by atoms with van der Waals surface area (Å²) in [6, 6.07) is 13.2. The summed E-state index contributed by atoms with van der Waals surface area (Å²) in [5.41, 5.74) is 2.58. The Morgan fingerprint density at radius 3 is 2.76 bits per heavy atom. The zero-order valence-electron chi connectivity index (χ0n) is 11.5. The van der Waals surface area contributed by atoms with E-state index in [9.17, 15) is 5.11 Å². The number of aryl methyl sites for hydroxylation is 1. The predicted octanol–water partition coefficient (Wildman–Crippen LogP) is 3.55. The van der Waals surface area contributed by atoms with Gasteiger partial charge < -0.3 is 19.0 Å². The monoisotopic (exact) mass is 282 g/mol. The van der Waals surface area contributed by atoms with Gasteiger partial charge in [-0.05, 0) is 36.2 Å². The molecule has 2 heterocycles. The maximum Gasteiger partial charge on any atom is 0.231 e. The molecule has 1 aliphatic rings. The molecule has 1 atom stereocenters. The first-order valence-electron chi connectivity index (χ1n) is 6.79. The number of benzene rings is 2. The summed E-state index contributed by atoms with van der Waals surface area (Å²) >= 11 is 0. The normalized spacial score (nSPS) is 14.6. The Morgan fingerprint density at radius 2 is 1.90 bits per heavy atom. The van der Waals surface area contributed by atoms with Gasteiger partial charge in [0, 0.05) is 5.39 Å². The highest BCUT2D eigenvalue weighted by Gasteiger charge is 2.20. The lowest BCUT2D eigenvalue weighted by atomic mass is 10.1. The molecule has 0 saturated heterocycles.